The van der Waals surface area contributed by atoms with Crippen LogP contribution in [-0.4, -0.2) is 77.0 Å². The van der Waals surface area contributed by atoms with Crippen molar-refractivity contribution in [2.45, 2.75) is 70.9 Å². The highest BCUT2D eigenvalue weighted by Crippen LogP contribution is 2.44. The van der Waals surface area contributed by atoms with E-state index in [0.717, 1.165) is 13.8 Å². The van der Waals surface area contributed by atoms with Crippen LogP contribution in [0.25, 0.3) is 0 Å². The molecule has 0 saturated carbocycles. The number of thioether (sulfide) groups is 2. The van der Waals surface area contributed by atoms with Gasteiger partial charge in [-0.25, -0.2) is 0 Å². The Morgan fingerprint density at radius 1 is 0.688 bits per heavy atom. The second kappa shape index (κ2) is 15.0. The maximum atomic E-state index is 12.1. The zero-order chi connectivity index (χ0) is 24.9. The van der Waals surface area contributed by atoms with Crippen LogP contribution in [0.15, 0.2) is 0 Å². The fourth-order valence-corrected chi connectivity index (χ4v) is 5.78. The Hall–Kier alpha value is -1.95. The summed E-state index contributed by atoms with van der Waals surface area (Å²) < 4.78 is 25.5. The lowest BCUT2D eigenvalue weighted by Crippen LogP contribution is -2.57. The molecule has 0 N–H and O–H groups in total. The number of carbonyl (C=O) groups excluding carboxylic acids is 5. The smallest absolute Gasteiger partial charge is 0.303 e. The maximum absolute atomic E-state index is 12.1. The molecule has 0 radical (unpaired) electrons. The van der Waals surface area contributed by atoms with Crippen LogP contribution in [-0.2, 0) is 47.7 Å². The topological polar surface area (TPSA) is 132 Å². The lowest BCUT2D eigenvalue weighted by Gasteiger charge is -2.42. The van der Waals surface area contributed by atoms with Crippen molar-refractivity contribution in [2.24, 2.45) is 0 Å². The molecule has 0 aromatic heterocycles. The van der Waals surface area contributed by atoms with E-state index < -0.39 is 58.8 Å². The molecule has 3 atom stereocenters. The van der Waals surface area contributed by atoms with E-state index in [0.29, 0.717) is 11.5 Å². The molecular weight excluding hydrogens is 464 g/mol. The molecule has 0 aromatic rings. The lowest BCUT2D eigenvalue weighted by atomic mass is 10.0. The molecule has 0 unspecified atom stereocenters. The molecule has 12 heteroatoms. The number of carbonyl (C=O) groups is 5. The highest BCUT2D eigenvalue weighted by Gasteiger charge is 2.52. The van der Waals surface area contributed by atoms with Gasteiger partial charge in [-0.1, -0.05) is 13.8 Å². The summed E-state index contributed by atoms with van der Waals surface area (Å²) in [6, 6.07) is 0. The lowest BCUT2D eigenvalue weighted by molar-refractivity contribution is -0.191. The second-order valence-electron chi connectivity index (χ2n) is 6.51. The van der Waals surface area contributed by atoms with E-state index in [1.165, 1.54) is 44.3 Å². The summed E-state index contributed by atoms with van der Waals surface area (Å²) in [4.78, 5) is 58.8. The van der Waals surface area contributed by atoms with E-state index in [1.807, 2.05) is 13.8 Å². The predicted molar refractivity (Wildman–Crippen MR) is 119 cm³/mol. The van der Waals surface area contributed by atoms with E-state index in [4.69, 9.17) is 23.7 Å². The number of esters is 5. The van der Waals surface area contributed by atoms with Crippen LogP contribution in [0.1, 0.15) is 48.5 Å². The molecule has 0 aliphatic carbocycles. The fourth-order valence-electron chi connectivity index (χ4n) is 2.78. The monoisotopic (exact) mass is 496 g/mol. The highest BCUT2D eigenvalue weighted by molar-refractivity contribution is 8.18. The van der Waals surface area contributed by atoms with Crippen LogP contribution >= 0.6 is 23.5 Å². The van der Waals surface area contributed by atoms with Crippen LogP contribution < -0.4 is 0 Å². The van der Waals surface area contributed by atoms with Crippen LogP contribution in [0.3, 0.4) is 0 Å². The molecule has 0 heterocycles. The first-order valence-corrected chi connectivity index (χ1v) is 11.9. The molecule has 0 spiro atoms. The first-order chi connectivity index (χ1) is 14.9. The fraction of sp³-hybridized carbons (Fsp3) is 0.750. The molecule has 0 bridgehead atoms. The Morgan fingerprint density at radius 3 is 1.53 bits per heavy atom. The standard InChI is InChI=1S/C20H32O10S2/c1-8-31-20(32-9-2,11-27-13(4)22)19(30-16(7)25)18(29-15(6)24)17(28-14(5)23)10-26-12(3)21/h17-19H,8-11H2,1-7H3/t17-,18-,19+/m1/s1. The van der Waals surface area contributed by atoms with Gasteiger partial charge in [-0.15, -0.1) is 23.5 Å². The third kappa shape index (κ3) is 11.1. The molecule has 184 valence electrons. The third-order valence-electron chi connectivity index (χ3n) is 3.72. The summed E-state index contributed by atoms with van der Waals surface area (Å²) in [6.07, 6.45) is -3.86. The molecule has 0 aliphatic heterocycles. The summed E-state index contributed by atoms with van der Waals surface area (Å²) in [7, 11) is 0. The maximum Gasteiger partial charge on any atom is 0.303 e. The van der Waals surface area contributed by atoms with Crippen molar-refractivity contribution in [1.29, 1.82) is 0 Å². The largest absolute Gasteiger partial charge is 0.463 e. The van der Waals surface area contributed by atoms with Gasteiger partial charge in [0.25, 0.3) is 0 Å². The number of hydrogen-bond donors (Lipinski definition) is 0. The molecule has 10 nitrogen and oxygen atoms in total. The first-order valence-electron chi connectivity index (χ1n) is 9.94. The van der Waals surface area contributed by atoms with Crippen LogP contribution in [0.4, 0.5) is 0 Å². The minimum Gasteiger partial charge on any atom is -0.463 e. The van der Waals surface area contributed by atoms with Gasteiger partial charge in [0.15, 0.2) is 18.3 Å². The summed E-state index contributed by atoms with van der Waals surface area (Å²) >= 11 is 2.65. The minimum atomic E-state index is -1.35. The summed E-state index contributed by atoms with van der Waals surface area (Å²) in [6.45, 7) is 8.95. The van der Waals surface area contributed by atoms with E-state index in [1.54, 1.807) is 0 Å². The third-order valence-corrected chi connectivity index (χ3v) is 6.68. The average Bonchev–Trinajstić information content (AvgIpc) is 2.65. The number of hydrogen-bond acceptors (Lipinski definition) is 12. The van der Waals surface area contributed by atoms with Gasteiger partial charge in [-0.05, 0) is 11.5 Å². The van der Waals surface area contributed by atoms with Gasteiger partial charge in [0.2, 0.25) is 0 Å². The summed E-state index contributed by atoms with van der Waals surface area (Å²) in [5.41, 5.74) is 0. The Balaban J connectivity index is 6.63. The van der Waals surface area contributed by atoms with E-state index >= 15 is 0 Å². The molecule has 0 fully saturated rings. The zero-order valence-corrected chi connectivity index (χ0v) is 21.1. The molecule has 32 heavy (non-hydrogen) atoms. The minimum absolute atomic E-state index is 0.185. The Kier molecular flexibility index (Phi) is 14.1. The summed E-state index contributed by atoms with van der Waals surface area (Å²) in [5.74, 6) is -2.30. The van der Waals surface area contributed by atoms with E-state index in [-0.39, 0.29) is 6.61 Å². The average molecular weight is 497 g/mol. The van der Waals surface area contributed by atoms with E-state index in [2.05, 4.69) is 0 Å². The Labute approximate surface area is 196 Å². The van der Waals surface area contributed by atoms with Gasteiger partial charge < -0.3 is 23.7 Å². The summed E-state index contributed by atoms with van der Waals surface area (Å²) in [5, 5.41) is 0. The van der Waals surface area contributed by atoms with Crippen LogP contribution in [0.5, 0.6) is 0 Å². The van der Waals surface area contributed by atoms with Gasteiger partial charge in [0.05, 0.1) is 0 Å². The molecule has 0 aromatic carbocycles. The molecule has 0 amide bonds. The van der Waals surface area contributed by atoms with Gasteiger partial charge in [-0.3, -0.25) is 24.0 Å². The molecule has 0 saturated heterocycles. The first kappa shape index (κ1) is 30.0. The van der Waals surface area contributed by atoms with Gasteiger partial charge in [-0.2, -0.15) is 0 Å². The van der Waals surface area contributed by atoms with Crippen molar-refractivity contribution in [3.63, 3.8) is 0 Å². The van der Waals surface area contributed by atoms with Crippen LogP contribution in [0.2, 0.25) is 0 Å². The van der Waals surface area contributed by atoms with Gasteiger partial charge in [0.1, 0.15) is 17.3 Å². The second-order valence-corrected chi connectivity index (χ2v) is 9.96. The number of rotatable bonds is 14. The van der Waals surface area contributed by atoms with Gasteiger partial charge in [0, 0.05) is 34.6 Å². The molecule has 0 rings (SSSR count). The molecule has 0 aliphatic rings. The highest BCUT2D eigenvalue weighted by atomic mass is 32.2. The van der Waals surface area contributed by atoms with Crippen molar-refractivity contribution in [2.75, 3.05) is 24.7 Å². The molecular formula is C20H32O10S2. The SMILES string of the molecule is CCSC(COC(C)=O)(SCC)[C@@H](OC(C)=O)[C@H](OC(C)=O)[C@@H](COC(C)=O)OC(C)=O. The van der Waals surface area contributed by atoms with Gasteiger partial charge >= 0.3 is 29.8 Å². The zero-order valence-electron chi connectivity index (χ0n) is 19.5. The normalized spacial score (nSPS) is 13.8. The van der Waals surface area contributed by atoms with Crippen molar-refractivity contribution in [3.8, 4) is 0 Å². The predicted octanol–water partition coefficient (Wildman–Crippen LogP) is 2.11. The van der Waals surface area contributed by atoms with Crippen LogP contribution in [0, 0.1) is 0 Å². The Morgan fingerprint density at radius 2 is 1.16 bits per heavy atom. The van der Waals surface area contributed by atoms with E-state index in [9.17, 15) is 24.0 Å². The number of ether oxygens (including phenoxy) is 5. The van der Waals surface area contributed by atoms with Crippen molar-refractivity contribution in [1.82, 2.24) is 0 Å². The Bertz CT molecular complexity index is 661. The van der Waals surface area contributed by atoms with Crippen molar-refractivity contribution >= 4 is 53.4 Å². The van der Waals surface area contributed by atoms with Crippen molar-refractivity contribution in [3.05, 3.63) is 0 Å². The van der Waals surface area contributed by atoms with Crippen molar-refractivity contribution < 1.29 is 47.7 Å². The quantitative estimate of drug-likeness (QED) is 0.198.